The van der Waals surface area contributed by atoms with Crippen LogP contribution in [0.25, 0.3) is 0 Å². The third-order valence-electron chi connectivity index (χ3n) is 1.64. The summed E-state index contributed by atoms with van der Waals surface area (Å²) in [6, 6.07) is 0. The molecule has 0 aromatic rings. The van der Waals surface area contributed by atoms with Crippen LogP contribution in [0.4, 0.5) is 0 Å². The SMILES string of the molecule is C=CC(=O)OOP(=O)(O)CCOCCOCCC.[H-].[H-].[Mg+2]. The van der Waals surface area contributed by atoms with E-state index < -0.39 is 13.6 Å². The molecule has 0 fully saturated rings. The van der Waals surface area contributed by atoms with Gasteiger partial charge in [0.2, 0.25) is 0 Å². The molecule has 0 aliphatic carbocycles. The second-order valence-electron chi connectivity index (χ2n) is 3.27. The second-order valence-corrected chi connectivity index (χ2v) is 5.14. The first-order chi connectivity index (χ1) is 8.52. The third kappa shape index (κ3) is 14.3. The molecule has 0 aromatic carbocycles. The molecule has 0 amide bonds. The van der Waals surface area contributed by atoms with Crippen LogP contribution in [0.3, 0.4) is 0 Å². The summed E-state index contributed by atoms with van der Waals surface area (Å²) in [6.07, 6.45) is 1.47. The van der Waals surface area contributed by atoms with Crippen molar-refractivity contribution in [3.63, 3.8) is 0 Å². The van der Waals surface area contributed by atoms with E-state index in [2.05, 4.69) is 16.1 Å². The molecule has 0 saturated heterocycles. The van der Waals surface area contributed by atoms with E-state index in [9.17, 15) is 14.3 Å². The zero-order valence-electron chi connectivity index (χ0n) is 13.1. The molecule has 110 valence electrons. The van der Waals surface area contributed by atoms with Gasteiger partial charge in [-0.2, -0.15) is 0 Å². The quantitative estimate of drug-likeness (QED) is 0.153. The van der Waals surface area contributed by atoms with E-state index in [0.717, 1.165) is 12.5 Å². The molecule has 0 aliphatic rings. The molecule has 9 heteroatoms. The van der Waals surface area contributed by atoms with E-state index in [1.165, 1.54) is 0 Å². The molecule has 0 radical (unpaired) electrons. The van der Waals surface area contributed by atoms with Crippen LogP contribution in [0.2, 0.25) is 0 Å². The fourth-order valence-corrected chi connectivity index (χ4v) is 1.44. The van der Waals surface area contributed by atoms with Gasteiger partial charge in [0.25, 0.3) is 0 Å². The molecule has 0 saturated carbocycles. The standard InChI is InChI=1S/C10H19O7P.Mg.2H/c1-3-5-14-6-7-15-8-9-18(12,13)17-16-10(11)4-2;;;/h4H,2-3,5-9H2,1H3,(H,12,13);;;/q;+2;2*-1. The van der Waals surface area contributed by atoms with Crippen LogP contribution in [-0.2, 0) is 28.4 Å². The number of hydrogen-bond donors (Lipinski definition) is 1. The molecule has 0 spiro atoms. The maximum Gasteiger partial charge on any atom is 2.00 e. The monoisotopic (exact) mass is 308 g/mol. The maximum atomic E-state index is 11.3. The topological polar surface area (TPSA) is 91.3 Å². The van der Waals surface area contributed by atoms with Gasteiger partial charge in [0, 0.05) is 12.7 Å². The van der Waals surface area contributed by atoms with Crippen molar-refractivity contribution in [2.45, 2.75) is 13.3 Å². The molecule has 0 bridgehead atoms. The zero-order chi connectivity index (χ0) is 13.9. The predicted octanol–water partition coefficient (Wildman–Crippen LogP) is 1.12. The Morgan fingerprint density at radius 1 is 1.32 bits per heavy atom. The second kappa shape index (κ2) is 13.0. The van der Waals surface area contributed by atoms with Gasteiger partial charge < -0.3 is 17.2 Å². The van der Waals surface area contributed by atoms with Gasteiger partial charge in [-0.3, -0.25) is 9.45 Å². The van der Waals surface area contributed by atoms with Gasteiger partial charge in [-0.05, 0) is 6.42 Å². The average molecular weight is 309 g/mol. The van der Waals surface area contributed by atoms with Crippen molar-refractivity contribution in [1.82, 2.24) is 0 Å². The van der Waals surface area contributed by atoms with Crippen LogP contribution in [0.1, 0.15) is 16.2 Å². The van der Waals surface area contributed by atoms with E-state index in [1.54, 1.807) is 0 Å². The van der Waals surface area contributed by atoms with Crippen molar-refractivity contribution < 1.29 is 36.1 Å². The van der Waals surface area contributed by atoms with Gasteiger partial charge in [-0.1, -0.05) is 18.2 Å². The van der Waals surface area contributed by atoms with Crippen LogP contribution >= 0.6 is 7.60 Å². The summed E-state index contributed by atoms with van der Waals surface area (Å²) in [5, 5.41) is 0. The maximum absolute atomic E-state index is 11.3. The molecular formula is C10H21MgO7P. The van der Waals surface area contributed by atoms with E-state index >= 15 is 0 Å². The Morgan fingerprint density at radius 2 is 1.89 bits per heavy atom. The molecule has 19 heavy (non-hydrogen) atoms. The van der Waals surface area contributed by atoms with Crippen molar-refractivity contribution in [1.29, 1.82) is 0 Å². The summed E-state index contributed by atoms with van der Waals surface area (Å²) in [6.45, 7) is 6.51. The van der Waals surface area contributed by atoms with Gasteiger partial charge in [0.05, 0.1) is 26.0 Å². The number of carbonyl (C=O) groups excluding carboxylic acids is 1. The summed E-state index contributed by atoms with van der Waals surface area (Å²) < 4.78 is 25.6. The summed E-state index contributed by atoms with van der Waals surface area (Å²) in [5.74, 6) is -0.932. The van der Waals surface area contributed by atoms with Gasteiger partial charge in [-0.25, -0.2) is 4.79 Å². The van der Waals surface area contributed by atoms with Crippen LogP contribution < -0.4 is 0 Å². The minimum atomic E-state index is -3.98. The molecule has 1 N–H and O–H groups in total. The van der Waals surface area contributed by atoms with Crippen LogP contribution in [0, 0.1) is 0 Å². The van der Waals surface area contributed by atoms with Crippen molar-refractivity contribution >= 4 is 36.6 Å². The van der Waals surface area contributed by atoms with Gasteiger partial charge in [-0.15, -0.1) is 0 Å². The van der Waals surface area contributed by atoms with Crippen molar-refractivity contribution in [3.05, 3.63) is 12.7 Å². The smallest absolute Gasteiger partial charge is 1.00 e. The molecule has 0 aliphatic heterocycles. The molecule has 0 rings (SSSR count). The Bertz CT molecular complexity index is 307. The number of rotatable bonds is 11. The Labute approximate surface area is 131 Å². The molecule has 0 heterocycles. The average Bonchev–Trinajstić information content (AvgIpc) is 2.35. The normalized spacial score (nSPS) is 13.2. The first-order valence-electron chi connectivity index (χ1n) is 5.52. The van der Waals surface area contributed by atoms with Crippen LogP contribution in [0.15, 0.2) is 12.7 Å². The molecular weight excluding hydrogens is 287 g/mol. The molecule has 0 aromatic heterocycles. The number of ether oxygens (including phenoxy) is 2. The number of hydrogen-bond acceptors (Lipinski definition) is 6. The predicted molar refractivity (Wildman–Crippen MR) is 72.0 cm³/mol. The first kappa shape index (κ1) is 21.3. The molecule has 1 atom stereocenters. The van der Waals surface area contributed by atoms with E-state index in [1.807, 2.05) is 6.92 Å². The summed E-state index contributed by atoms with van der Waals surface area (Å²) in [4.78, 5) is 23.8. The van der Waals surface area contributed by atoms with E-state index in [-0.39, 0.29) is 38.7 Å². The fraction of sp³-hybridized carbons (Fsp3) is 0.700. The number of carbonyl (C=O) groups is 1. The minimum Gasteiger partial charge on any atom is -1.00 e. The van der Waals surface area contributed by atoms with Crippen molar-refractivity contribution in [2.75, 3.05) is 32.6 Å². The first-order valence-corrected chi connectivity index (χ1v) is 7.28. The van der Waals surface area contributed by atoms with Crippen LogP contribution in [-0.4, -0.2) is 66.5 Å². The Hall–Kier alpha value is 0.0462. The fourth-order valence-electron chi connectivity index (χ4n) is 0.812. The largest absolute Gasteiger partial charge is 2.00 e. The molecule has 1 unspecified atom stereocenters. The van der Waals surface area contributed by atoms with Gasteiger partial charge in [0.1, 0.15) is 0 Å². The Morgan fingerprint density at radius 3 is 2.42 bits per heavy atom. The Kier molecular flexibility index (Phi) is 14.7. The summed E-state index contributed by atoms with van der Waals surface area (Å²) in [7, 11) is -3.98. The molecule has 7 nitrogen and oxygen atoms in total. The summed E-state index contributed by atoms with van der Waals surface area (Å²) in [5.41, 5.74) is 0. The Balaban J connectivity index is -0.000000482. The van der Waals surface area contributed by atoms with Crippen molar-refractivity contribution in [3.8, 4) is 0 Å². The minimum absolute atomic E-state index is 0. The van der Waals surface area contributed by atoms with Gasteiger partial charge in [0.15, 0.2) is 0 Å². The summed E-state index contributed by atoms with van der Waals surface area (Å²) >= 11 is 0. The van der Waals surface area contributed by atoms with Gasteiger partial charge >= 0.3 is 36.6 Å². The zero-order valence-corrected chi connectivity index (χ0v) is 13.4. The van der Waals surface area contributed by atoms with E-state index in [0.29, 0.717) is 19.8 Å². The van der Waals surface area contributed by atoms with Crippen LogP contribution in [0.5, 0.6) is 0 Å². The van der Waals surface area contributed by atoms with Crippen molar-refractivity contribution in [2.24, 2.45) is 0 Å². The van der Waals surface area contributed by atoms with E-state index in [4.69, 9.17) is 9.47 Å². The third-order valence-corrected chi connectivity index (χ3v) is 2.70.